The molecule has 2 aromatic heterocycles. The van der Waals surface area contributed by atoms with Crippen molar-refractivity contribution in [1.29, 1.82) is 0 Å². The van der Waals surface area contributed by atoms with Gasteiger partial charge < -0.3 is 0 Å². The molecule has 0 bridgehead atoms. The molecule has 0 aliphatic carbocycles. The van der Waals surface area contributed by atoms with Gasteiger partial charge in [-0.2, -0.15) is 0 Å². The number of nitrogens with zero attached hydrogens (tertiary/aromatic N) is 2. The Kier molecular flexibility index (Phi) is 10.2. The molecule has 11 aromatic rings. The van der Waals surface area contributed by atoms with Crippen LogP contribution in [0.1, 0.15) is 105 Å². The van der Waals surface area contributed by atoms with Crippen molar-refractivity contribution in [2.24, 2.45) is 0 Å². The minimum atomic E-state index is 0.00586. The van der Waals surface area contributed by atoms with Gasteiger partial charge in [0.2, 0.25) is 0 Å². The summed E-state index contributed by atoms with van der Waals surface area (Å²) < 4.78 is 25.0. The van der Waals surface area contributed by atoms with E-state index in [4.69, 9.17) is 9.47 Å². The first-order valence-electron chi connectivity index (χ1n) is 27.8. The third-order valence-corrected chi connectivity index (χ3v) is 22.1. The molecule has 382 valence electrons. The first kappa shape index (κ1) is 48.5. The van der Waals surface area contributed by atoms with Gasteiger partial charge in [0.15, 0.2) is 0 Å². The SMILES string of the molecule is CC(C)(C)c1ccc2c(c1)c1cc(C(C)(C)C)ccc1n2-c1cc2c3c(c1)[Se]c1cc4c(cc1B3c1ccccc1O2)B1c2ccccc2Oc2cc(-n3c5ccc(C(C)(C)C)cc5c5cc(C(C)(C)C)ccc53)cc(c21)[Se]4. The van der Waals surface area contributed by atoms with E-state index in [1.807, 2.05) is 0 Å². The molecule has 0 fully saturated rings. The summed E-state index contributed by atoms with van der Waals surface area (Å²) >= 11 is 0.0117. The number of hydrogen-bond donors (Lipinski definition) is 0. The number of benzene rings is 9. The van der Waals surface area contributed by atoms with Gasteiger partial charge >= 0.3 is 475 Å². The summed E-state index contributed by atoms with van der Waals surface area (Å²) in [4.78, 5) is 0. The zero-order valence-electron chi connectivity index (χ0n) is 46.7. The molecule has 0 saturated carbocycles. The van der Waals surface area contributed by atoms with Crippen LogP contribution in [-0.2, 0) is 21.7 Å². The van der Waals surface area contributed by atoms with E-state index in [-0.39, 0.29) is 65.0 Å². The number of fused-ring (bicyclic) bond motifs is 14. The number of hydrogen-bond acceptors (Lipinski definition) is 2. The molecule has 15 rings (SSSR count). The van der Waals surface area contributed by atoms with Crippen LogP contribution in [0.3, 0.4) is 0 Å². The van der Waals surface area contributed by atoms with Gasteiger partial charge in [0.25, 0.3) is 0 Å². The average Bonchev–Trinajstić information content (AvgIpc) is 3.96. The second-order valence-corrected chi connectivity index (χ2v) is 31.1. The summed E-state index contributed by atoms with van der Waals surface area (Å²) in [5.41, 5.74) is 20.7. The Balaban J connectivity index is 0.919. The summed E-state index contributed by atoms with van der Waals surface area (Å²) in [7, 11) is 0. The molecular weight excluding hydrogens is 1080 g/mol. The topological polar surface area (TPSA) is 28.3 Å². The number of rotatable bonds is 2. The number of ether oxygens (including phenoxy) is 2. The molecule has 4 aliphatic rings. The second kappa shape index (κ2) is 16.5. The van der Waals surface area contributed by atoms with Crippen molar-refractivity contribution >= 4 is 138 Å². The fraction of sp³-hybridized carbons (Fsp3) is 0.229. The van der Waals surface area contributed by atoms with Gasteiger partial charge in [-0.3, -0.25) is 0 Å². The van der Waals surface area contributed by atoms with Crippen molar-refractivity contribution in [3.05, 3.63) is 180 Å². The zero-order valence-corrected chi connectivity index (χ0v) is 50.1. The molecule has 4 nitrogen and oxygen atoms in total. The molecule has 8 heteroatoms. The Bertz CT molecular complexity index is 4040. The molecule has 0 spiro atoms. The van der Waals surface area contributed by atoms with Crippen LogP contribution in [0.2, 0.25) is 0 Å². The summed E-state index contributed by atoms with van der Waals surface area (Å²) in [5.74, 6) is 3.83. The van der Waals surface area contributed by atoms with E-state index < -0.39 is 0 Å². The van der Waals surface area contributed by atoms with Gasteiger partial charge in [-0.05, 0) is 0 Å². The predicted octanol–water partition coefficient (Wildman–Crippen LogP) is 10.3. The van der Waals surface area contributed by atoms with E-state index in [0.29, 0.717) is 0 Å². The number of para-hydroxylation sites is 2. The fourth-order valence-electron chi connectivity index (χ4n) is 13.1. The Morgan fingerprint density at radius 3 is 0.987 bits per heavy atom. The van der Waals surface area contributed by atoms with E-state index >= 15 is 0 Å². The Labute approximate surface area is 472 Å². The molecular formula is C70H62B2N2O2Se2. The molecule has 0 amide bonds. The van der Waals surface area contributed by atoms with Crippen molar-refractivity contribution in [2.75, 3.05) is 0 Å². The zero-order chi connectivity index (χ0) is 53.7. The molecule has 4 aliphatic heterocycles. The second-order valence-electron chi connectivity index (χ2n) is 26.6. The van der Waals surface area contributed by atoms with Crippen LogP contribution in [0, 0.1) is 0 Å². The van der Waals surface area contributed by atoms with E-state index in [0.717, 1.165) is 34.4 Å². The van der Waals surface area contributed by atoms with Gasteiger partial charge in [-0.25, -0.2) is 0 Å². The third kappa shape index (κ3) is 7.25. The molecule has 0 atom stereocenters. The van der Waals surface area contributed by atoms with Gasteiger partial charge in [-0.15, -0.1) is 0 Å². The quantitative estimate of drug-likeness (QED) is 0.161. The Hall–Kier alpha value is -6.65. The summed E-state index contributed by atoms with van der Waals surface area (Å²) in [6, 6.07) is 61.2. The van der Waals surface area contributed by atoms with Crippen molar-refractivity contribution in [3.63, 3.8) is 0 Å². The Morgan fingerprint density at radius 2 is 0.654 bits per heavy atom. The molecule has 0 saturated heterocycles. The van der Waals surface area contributed by atoms with E-state index in [1.165, 1.54) is 116 Å². The molecule has 0 N–H and O–H groups in total. The van der Waals surface area contributed by atoms with Gasteiger partial charge in [0.05, 0.1) is 0 Å². The van der Waals surface area contributed by atoms with Crippen LogP contribution < -0.4 is 60.1 Å². The van der Waals surface area contributed by atoms with Crippen molar-refractivity contribution < 1.29 is 9.47 Å². The predicted molar refractivity (Wildman–Crippen MR) is 335 cm³/mol. The first-order valence-corrected chi connectivity index (χ1v) is 31.2. The normalized spacial score (nSPS) is 14.5. The monoisotopic (exact) mass is 1140 g/mol. The van der Waals surface area contributed by atoms with Crippen molar-refractivity contribution in [1.82, 2.24) is 9.13 Å². The van der Waals surface area contributed by atoms with Crippen LogP contribution in [0.15, 0.2) is 158 Å². The first-order chi connectivity index (χ1) is 37.2. The van der Waals surface area contributed by atoms with Crippen LogP contribution >= 0.6 is 0 Å². The van der Waals surface area contributed by atoms with E-state index in [1.54, 1.807) is 0 Å². The minimum absolute atomic E-state index is 0.00586. The van der Waals surface area contributed by atoms with Crippen molar-refractivity contribution in [3.8, 4) is 34.4 Å². The van der Waals surface area contributed by atoms with Crippen LogP contribution in [0.4, 0.5) is 0 Å². The van der Waals surface area contributed by atoms with Crippen LogP contribution in [0.5, 0.6) is 23.0 Å². The summed E-state index contributed by atoms with van der Waals surface area (Å²) in [5, 5.41) is 5.19. The molecule has 78 heavy (non-hydrogen) atoms. The number of aromatic nitrogens is 2. The summed E-state index contributed by atoms with van der Waals surface area (Å²) in [6.45, 7) is 27.9. The Morgan fingerprint density at radius 1 is 0.321 bits per heavy atom. The van der Waals surface area contributed by atoms with E-state index in [2.05, 4.69) is 250 Å². The van der Waals surface area contributed by atoms with Crippen molar-refractivity contribution in [2.45, 2.75) is 105 Å². The van der Waals surface area contributed by atoms with Gasteiger partial charge in [0, 0.05) is 0 Å². The molecule has 9 aromatic carbocycles. The van der Waals surface area contributed by atoms with Gasteiger partial charge in [0.1, 0.15) is 0 Å². The van der Waals surface area contributed by atoms with Crippen LogP contribution in [-0.4, -0.2) is 52.5 Å². The standard InChI is InChI=1S/C70H62B2N2O2Se2/c1-67(2,3)39-21-25-53-45(29-39)46-30-40(68(4,5)6)22-26-54(46)73(53)43-33-59-65-63(35-43)77-61-38-62-52(37-51(61)71(65)49-17-13-15-19-57(49)75-59)72-50-18-14-16-20-58(50)76-60-34-44(36-64(78-62)66(60)72)74-55-27-23-41(69(7,8)9)31-47(55)48-32-42(70(10,11)12)24-28-56(48)74/h13-38H,1-12H3. The third-order valence-electron chi connectivity index (χ3n) is 17.4. The molecule has 6 heterocycles. The molecule has 0 unspecified atom stereocenters. The van der Waals surface area contributed by atoms with E-state index in [9.17, 15) is 0 Å². The maximum atomic E-state index is 7.12. The molecule has 0 radical (unpaired) electrons. The summed E-state index contributed by atoms with van der Waals surface area (Å²) in [6.07, 6.45) is 0. The average molecular weight is 1140 g/mol. The maximum absolute atomic E-state index is 7.12. The van der Waals surface area contributed by atoms with Crippen LogP contribution in [0.25, 0.3) is 55.0 Å². The fourth-order valence-corrected chi connectivity index (χ4v) is 18.6. The van der Waals surface area contributed by atoms with Gasteiger partial charge in [-0.1, -0.05) is 0 Å².